The summed E-state index contributed by atoms with van der Waals surface area (Å²) in [5.41, 5.74) is 3.17. The number of benzene rings is 2. The Hall–Kier alpha value is -2.60. The van der Waals surface area contributed by atoms with Crippen molar-refractivity contribution in [3.63, 3.8) is 0 Å². The lowest BCUT2D eigenvalue weighted by Gasteiger charge is -2.07. The molecule has 0 saturated carbocycles. The number of aryl methyl sites for hydroxylation is 2. The number of nitrogens with zero attached hydrogens (tertiary/aromatic N) is 1. The van der Waals surface area contributed by atoms with Crippen molar-refractivity contribution >= 4 is 15.8 Å². The van der Waals surface area contributed by atoms with E-state index in [0.717, 1.165) is 16.7 Å². The predicted octanol–water partition coefficient (Wildman–Crippen LogP) is 3.76. The smallest absolute Gasteiger partial charge is 0.263 e. The lowest BCUT2D eigenvalue weighted by molar-refractivity contribution is 0.400. The minimum Gasteiger partial charge on any atom is -0.360 e. The summed E-state index contributed by atoms with van der Waals surface area (Å²) < 4.78 is 31.9. The maximum absolute atomic E-state index is 12.3. The largest absolute Gasteiger partial charge is 0.360 e. The van der Waals surface area contributed by atoms with Crippen LogP contribution in [-0.2, 0) is 10.0 Å². The molecule has 3 rings (SSSR count). The monoisotopic (exact) mass is 328 g/mol. The molecule has 0 fully saturated rings. The number of aromatic nitrogens is 1. The third-order valence-electron chi connectivity index (χ3n) is 3.38. The zero-order valence-electron chi connectivity index (χ0n) is 12.8. The maximum atomic E-state index is 12.3. The fourth-order valence-corrected chi connectivity index (χ4v) is 3.25. The quantitative estimate of drug-likeness (QED) is 0.791. The van der Waals surface area contributed by atoms with E-state index in [9.17, 15) is 8.42 Å². The first-order valence-corrected chi connectivity index (χ1v) is 8.56. The lowest BCUT2D eigenvalue weighted by Crippen LogP contribution is -2.13. The van der Waals surface area contributed by atoms with E-state index in [2.05, 4.69) is 15.9 Å². The van der Waals surface area contributed by atoms with Crippen molar-refractivity contribution in [3.05, 3.63) is 65.9 Å². The fourth-order valence-electron chi connectivity index (χ4n) is 2.26. The molecule has 0 radical (unpaired) electrons. The third-order valence-corrected chi connectivity index (χ3v) is 4.75. The first kappa shape index (κ1) is 15.3. The van der Waals surface area contributed by atoms with Gasteiger partial charge in [-0.05, 0) is 37.1 Å². The second-order valence-electron chi connectivity index (χ2n) is 5.32. The van der Waals surface area contributed by atoms with E-state index in [1.807, 2.05) is 25.1 Å². The molecule has 118 valence electrons. The molecule has 0 atom stereocenters. The molecular weight excluding hydrogens is 312 g/mol. The number of anilines is 1. The molecule has 0 aliphatic heterocycles. The van der Waals surface area contributed by atoms with Crippen LogP contribution < -0.4 is 4.72 Å². The number of rotatable bonds is 4. The van der Waals surface area contributed by atoms with Gasteiger partial charge in [-0.25, -0.2) is 8.42 Å². The minimum absolute atomic E-state index is 0.172. The van der Waals surface area contributed by atoms with Crippen LogP contribution in [0.2, 0.25) is 0 Å². The minimum atomic E-state index is -3.68. The summed E-state index contributed by atoms with van der Waals surface area (Å²) in [6.07, 6.45) is 0. The average molecular weight is 328 g/mol. The molecule has 1 aromatic heterocycles. The summed E-state index contributed by atoms with van der Waals surface area (Å²) in [6.45, 7) is 3.72. The summed E-state index contributed by atoms with van der Waals surface area (Å²) in [5, 5.41) is 3.64. The Bertz CT molecular complexity index is 928. The highest BCUT2D eigenvalue weighted by Gasteiger charge is 2.16. The van der Waals surface area contributed by atoms with Gasteiger partial charge in [0.25, 0.3) is 10.0 Å². The van der Waals surface area contributed by atoms with Crippen LogP contribution in [0.5, 0.6) is 0 Å². The Labute approximate surface area is 135 Å². The topological polar surface area (TPSA) is 72.2 Å². The van der Waals surface area contributed by atoms with E-state index in [1.54, 1.807) is 31.2 Å². The van der Waals surface area contributed by atoms with Gasteiger partial charge < -0.3 is 4.52 Å². The average Bonchev–Trinajstić information content (AvgIpc) is 2.92. The first-order chi connectivity index (χ1) is 10.9. The van der Waals surface area contributed by atoms with Crippen LogP contribution in [0.25, 0.3) is 11.1 Å². The Morgan fingerprint density at radius 3 is 2.30 bits per heavy atom. The summed E-state index contributed by atoms with van der Waals surface area (Å²) in [5.74, 6) is 0.711. The fraction of sp³-hybridized carbons (Fsp3) is 0.118. The lowest BCUT2D eigenvalue weighted by atomic mass is 10.0. The van der Waals surface area contributed by atoms with Gasteiger partial charge in [0.05, 0.1) is 4.90 Å². The van der Waals surface area contributed by atoms with Crippen LogP contribution >= 0.6 is 0 Å². The molecule has 23 heavy (non-hydrogen) atoms. The molecule has 3 aromatic rings. The van der Waals surface area contributed by atoms with Gasteiger partial charge >= 0.3 is 0 Å². The van der Waals surface area contributed by atoms with Gasteiger partial charge in [-0.1, -0.05) is 47.1 Å². The number of sulfonamides is 1. The van der Waals surface area contributed by atoms with Gasteiger partial charge in [-0.2, -0.15) is 0 Å². The molecule has 5 nitrogen and oxygen atoms in total. The molecule has 0 aliphatic rings. The summed E-state index contributed by atoms with van der Waals surface area (Å²) >= 11 is 0. The SMILES string of the molecule is Cc1cccc(-c2ccc(S(=O)(=O)Nc3cc(C)on3)cc2)c1. The summed E-state index contributed by atoms with van der Waals surface area (Å²) in [7, 11) is -3.68. The zero-order chi connectivity index (χ0) is 16.4. The molecular formula is C17H16N2O3S. The van der Waals surface area contributed by atoms with E-state index in [0.29, 0.717) is 5.76 Å². The van der Waals surface area contributed by atoms with Crippen LogP contribution in [0, 0.1) is 13.8 Å². The van der Waals surface area contributed by atoms with Crippen LogP contribution in [0.3, 0.4) is 0 Å². The van der Waals surface area contributed by atoms with Crippen molar-refractivity contribution in [2.75, 3.05) is 4.72 Å². The van der Waals surface area contributed by atoms with Gasteiger partial charge in [-0.3, -0.25) is 4.72 Å². The van der Waals surface area contributed by atoms with Crippen molar-refractivity contribution in [2.45, 2.75) is 18.7 Å². The Kier molecular flexibility index (Phi) is 3.92. The van der Waals surface area contributed by atoms with Crippen molar-refractivity contribution in [2.24, 2.45) is 0 Å². The molecule has 0 saturated heterocycles. The molecule has 1 heterocycles. The van der Waals surface area contributed by atoms with Gasteiger partial charge in [-0.15, -0.1) is 0 Å². The number of hydrogen-bond donors (Lipinski definition) is 1. The molecule has 6 heteroatoms. The Balaban J connectivity index is 1.86. The summed E-state index contributed by atoms with van der Waals surface area (Å²) in [4.78, 5) is 0.176. The van der Waals surface area contributed by atoms with E-state index in [4.69, 9.17) is 4.52 Å². The maximum Gasteiger partial charge on any atom is 0.263 e. The van der Waals surface area contributed by atoms with Gasteiger partial charge in [0, 0.05) is 6.07 Å². The highest BCUT2D eigenvalue weighted by atomic mass is 32.2. The molecule has 0 aliphatic carbocycles. The van der Waals surface area contributed by atoms with E-state index < -0.39 is 10.0 Å². The molecule has 0 amide bonds. The Morgan fingerprint density at radius 2 is 1.70 bits per heavy atom. The van der Waals surface area contributed by atoms with Crippen LogP contribution in [-0.4, -0.2) is 13.6 Å². The Morgan fingerprint density at radius 1 is 0.957 bits per heavy atom. The highest BCUT2D eigenvalue weighted by molar-refractivity contribution is 7.92. The summed E-state index contributed by atoms with van der Waals surface area (Å²) in [6, 6.07) is 16.3. The standard InChI is InChI=1S/C17H16N2O3S/c1-12-4-3-5-15(10-12)14-6-8-16(9-7-14)23(20,21)19-17-11-13(2)22-18-17/h3-11H,1-2H3,(H,18,19). The molecule has 0 bridgehead atoms. The molecule has 0 unspecified atom stereocenters. The number of hydrogen-bond acceptors (Lipinski definition) is 4. The van der Waals surface area contributed by atoms with E-state index in [1.165, 1.54) is 6.07 Å². The van der Waals surface area contributed by atoms with Gasteiger partial charge in [0.2, 0.25) is 0 Å². The van der Waals surface area contributed by atoms with Gasteiger partial charge in [0.15, 0.2) is 5.82 Å². The van der Waals surface area contributed by atoms with Crippen molar-refractivity contribution in [1.82, 2.24) is 5.16 Å². The van der Waals surface area contributed by atoms with Crippen molar-refractivity contribution in [1.29, 1.82) is 0 Å². The molecule has 0 spiro atoms. The van der Waals surface area contributed by atoms with Crippen LogP contribution in [0.4, 0.5) is 5.82 Å². The first-order valence-electron chi connectivity index (χ1n) is 7.07. The van der Waals surface area contributed by atoms with Crippen LogP contribution in [0.15, 0.2) is 64.0 Å². The second kappa shape index (κ2) is 5.89. The molecule has 2 aromatic carbocycles. The number of nitrogens with one attached hydrogen (secondary N) is 1. The third kappa shape index (κ3) is 3.43. The highest BCUT2D eigenvalue weighted by Crippen LogP contribution is 2.23. The second-order valence-corrected chi connectivity index (χ2v) is 7.00. The van der Waals surface area contributed by atoms with Crippen molar-refractivity contribution < 1.29 is 12.9 Å². The van der Waals surface area contributed by atoms with Crippen molar-refractivity contribution in [3.8, 4) is 11.1 Å². The zero-order valence-corrected chi connectivity index (χ0v) is 13.6. The predicted molar refractivity (Wildman–Crippen MR) is 88.7 cm³/mol. The molecule has 1 N–H and O–H groups in total. The van der Waals surface area contributed by atoms with E-state index >= 15 is 0 Å². The normalized spacial score (nSPS) is 11.4. The van der Waals surface area contributed by atoms with Gasteiger partial charge in [0.1, 0.15) is 5.76 Å². The van der Waals surface area contributed by atoms with Crippen LogP contribution in [0.1, 0.15) is 11.3 Å². The van der Waals surface area contributed by atoms with E-state index in [-0.39, 0.29) is 10.7 Å².